The van der Waals surface area contributed by atoms with Gasteiger partial charge in [-0.2, -0.15) is 30.7 Å². The molecular weight excluding hydrogens is 297 g/mol. The smallest absolute Gasteiger partial charge is 0.458 e. The second kappa shape index (κ2) is 6.62. The second-order valence-corrected chi connectivity index (χ2v) is 4.22. The van der Waals surface area contributed by atoms with E-state index in [0.717, 1.165) is 0 Å². The molecule has 0 saturated heterocycles. The highest BCUT2D eigenvalue weighted by Gasteiger charge is 2.77. The lowest BCUT2D eigenvalue weighted by atomic mass is 10.1. The summed E-state index contributed by atoms with van der Waals surface area (Å²) in [7, 11) is 0. The molecule has 9 heteroatoms. The molecular formula is C11H15F7O2. The Kier molecular flexibility index (Phi) is 6.28. The standard InChI is InChI=1S/C11H15F7O2/c1-3-5-6-7(4-2)20-8(19)9(12,13)10(14,15)11(16,17)18/h7H,3-6H2,1-2H3. The third kappa shape index (κ3) is 3.99. The third-order valence-electron chi connectivity index (χ3n) is 2.62. The van der Waals surface area contributed by atoms with Crippen LogP contribution in [0.2, 0.25) is 0 Å². The van der Waals surface area contributed by atoms with E-state index in [4.69, 9.17) is 0 Å². The Hall–Kier alpha value is -1.02. The lowest BCUT2D eigenvalue weighted by Crippen LogP contribution is -2.57. The summed E-state index contributed by atoms with van der Waals surface area (Å²) in [5.41, 5.74) is 0. The zero-order valence-electron chi connectivity index (χ0n) is 10.9. The molecule has 0 radical (unpaired) electrons. The molecule has 120 valence electrons. The number of hydrogen-bond donors (Lipinski definition) is 0. The predicted octanol–water partition coefficient (Wildman–Crippen LogP) is 4.33. The monoisotopic (exact) mass is 312 g/mol. The number of unbranched alkanes of at least 4 members (excludes halogenated alkanes) is 1. The molecule has 1 atom stereocenters. The lowest BCUT2D eigenvalue weighted by Gasteiger charge is -2.28. The van der Waals surface area contributed by atoms with Gasteiger partial charge in [0.05, 0.1) is 0 Å². The summed E-state index contributed by atoms with van der Waals surface area (Å²) in [6, 6.07) is 0. The van der Waals surface area contributed by atoms with Crippen LogP contribution in [-0.4, -0.2) is 30.1 Å². The van der Waals surface area contributed by atoms with Gasteiger partial charge in [-0.1, -0.05) is 26.7 Å². The van der Waals surface area contributed by atoms with Crippen LogP contribution >= 0.6 is 0 Å². The van der Waals surface area contributed by atoms with Gasteiger partial charge in [-0.05, 0) is 12.8 Å². The maximum atomic E-state index is 13.0. The first kappa shape index (κ1) is 19.0. The molecule has 0 saturated carbocycles. The van der Waals surface area contributed by atoms with Crippen LogP contribution < -0.4 is 0 Å². The zero-order chi connectivity index (χ0) is 16.2. The SMILES string of the molecule is CCCCC(CC)OC(=O)C(F)(F)C(F)(F)C(F)(F)F. The molecule has 1 unspecified atom stereocenters. The van der Waals surface area contributed by atoms with Gasteiger partial charge in [-0.15, -0.1) is 0 Å². The van der Waals surface area contributed by atoms with Crippen molar-refractivity contribution in [2.24, 2.45) is 0 Å². The molecule has 0 aromatic carbocycles. The summed E-state index contributed by atoms with van der Waals surface area (Å²) < 4.78 is 90.8. The molecule has 0 bridgehead atoms. The van der Waals surface area contributed by atoms with E-state index in [0.29, 0.717) is 12.8 Å². The average molecular weight is 312 g/mol. The number of halogens is 7. The van der Waals surface area contributed by atoms with E-state index < -0.39 is 30.1 Å². The number of carbonyl (C=O) groups excluding carboxylic acids is 1. The van der Waals surface area contributed by atoms with Crippen molar-refractivity contribution in [2.45, 2.75) is 63.7 Å². The van der Waals surface area contributed by atoms with Crippen LogP contribution in [0, 0.1) is 0 Å². The normalized spacial score (nSPS) is 15.1. The van der Waals surface area contributed by atoms with Crippen molar-refractivity contribution in [2.75, 3.05) is 0 Å². The number of esters is 1. The Bertz CT molecular complexity index is 325. The van der Waals surface area contributed by atoms with Crippen molar-refractivity contribution < 1.29 is 40.3 Å². The molecule has 0 aliphatic heterocycles. The average Bonchev–Trinajstić information content (AvgIpc) is 2.32. The Balaban J connectivity index is 4.98. The van der Waals surface area contributed by atoms with Gasteiger partial charge in [0.2, 0.25) is 0 Å². The summed E-state index contributed by atoms with van der Waals surface area (Å²) in [4.78, 5) is 10.9. The molecule has 0 spiro atoms. The fourth-order valence-corrected chi connectivity index (χ4v) is 1.31. The highest BCUT2D eigenvalue weighted by atomic mass is 19.4. The number of alkyl halides is 7. The van der Waals surface area contributed by atoms with Crippen molar-refractivity contribution in [1.82, 2.24) is 0 Å². The minimum atomic E-state index is -6.54. The third-order valence-corrected chi connectivity index (χ3v) is 2.62. The zero-order valence-corrected chi connectivity index (χ0v) is 10.9. The van der Waals surface area contributed by atoms with E-state index >= 15 is 0 Å². The van der Waals surface area contributed by atoms with Crippen LogP contribution in [0.25, 0.3) is 0 Å². The molecule has 0 amide bonds. The molecule has 0 aliphatic rings. The van der Waals surface area contributed by atoms with Crippen LogP contribution in [0.4, 0.5) is 30.7 Å². The summed E-state index contributed by atoms with van der Waals surface area (Å²) in [5.74, 6) is -15.3. The maximum Gasteiger partial charge on any atom is 0.460 e. The lowest BCUT2D eigenvalue weighted by molar-refractivity contribution is -0.349. The van der Waals surface area contributed by atoms with E-state index in [2.05, 4.69) is 4.74 Å². The van der Waals surface area contributed by atoms with Crippen LogP contribution in [0.3, 0.4) is 0 Å². The van der Waals surface area contributed by atoms with Crippen molar-refractivity contribution in [3.63, 3.8) is 0 Å². The fraction of sp³-hybridized carbons (Fsp3) is 0.909. The molecule has 0 aliphatic carbocycles. The molecule has 0 aromatic heterocycles. The Labute approximate surface area is 111 Å². The first-order chi connectivity index (χ1) is 8.91. The van der Waals surface area contributed by atoms with Crippen LogP contribution in [0.15, 0.2) is 0 Å². The van der Waals surface area contributed by atoms with E-state index in [1.54, 1.807) is 6.92 Å². The highest BCUT2D eigenvalue weighted by Crippen LogP contribution is 2.47. The summed E-state index contributed by atoms with van der Waals surface area (Å²) in [5, 5.41) is 0. The molecule has 2 nitrogen and oxygen atoms in total. The molecule has 0 fully saturated rings. The van der Waals surface area contributed by atoms with E-state index in [-0.39, 0.29) is 12.8 Å². The molecule has 0 heterocycles. The quantitative estimate of drug-likeness (QED) is 0.516. The first-order valence-corrected chi connectivity index (χ1v) is 5.95. The van der Waals surface area contributed by atoms with Crippen LogP contribution in [0.5, 0.6) is 0 Å². The van der Waals surface area contributed by atoms with Gasteiger partial charge >= 0.3 is 24.0 Å². The Morgan fingerprint density at radius 2 is 1.55 bits per heavy atom. The summed E-state index contributed by atoms with van der Waals surface area (Å²) in [6.07, 6.45) is -6.40. The largest absolute Gasteiger partial charge is 0.460 e. The van der Waals surface area contributed by atoms with Gasteiger partial charge in [-0.3, -0.25) is 0 Å². The fourth-order valence-electron chi connectivity index (χ4n) is 1.31. The van der Waals surface area contributed by atoms with Crippen molar-refractivity contribution in [1.29, 1.82) is 0 Å². The van der Waals surface area contributed by atoms with E-state index in [1.165, 1.54) is 6.92 Å². The molecule has 20 heavy (non-hydrogen) atoms. The van der Waals surface area contributed by atoms with Gasteiger partial charge in [0.25, 0.3) is 0 Å². The van der Waals surface area contributed by atoms with Crippen LogP contribution in [-0.2, 0) is 9.53 Å². The predicted molar refractivity (Wildman–Crippen MR) is 55.6 cm³/mol. The first-order valence-electron chi connectivity index (χ1n) is 5.95. The van der Waals surface area contributed by atoms with Crippen LogP contribution in [0.1, 0.15) is 39.5 Å². The minimum absolute atomic E-state index is 0.0411. The van der Waals surface area contributed by atoms with Gasteiger partial charge < -0.3 is 4.74 Å². The summed E-state index contributed by atoms with van der Waals surface area (Å²) >= 11 is 0. The van der Waals surface area contributed by atoms with Crippen molar-refractivity contribution >= 4 is 5.97 Å². The van der Waals surface area contributed by atoms with Gasteiger partial charge in [-0.25, -0.2) is 4.79 Å². The number of hydrogen-bond acceptors (Lipinski definition) is 2. The van der Waals surface area contributed by atoms with Gasteiger partial charge in [0, 0.05) is 0 Å². The van der Waals surface area contributed by atoms with Gasteiger partial charge in [0.15, 0.2) is 0 Å². The number of carbonyl (C=O) groups is 1. The molecule has 0 aromatic rings. The van der Waals surface area contributed by atoms with Crippen molar-refractivity contribution in [3.05, 3.63) is 0 Å². The van der Waals surface area contributed by atoms with Gasteiger partial charge in [0.1, 0.15) is 6.10 Å². The van der Waals surface area contributed by atoms with E-state index in [1.807, 2.05) is 0 Å². The molecule has 0 N–H and O–H groups in total. The Morgan fingerprint density at radius 1 is 1.05 bits per heavy atom. The van der Waals surface area contributed by atoms with Crippen molar-refractivity contribution in [3.8, 4) is 0 Å². The Morgan fingerprint density at radius 3 is 1.90 bits per heavy atom. The van der Waals surface area contributed by atoms with E-state index in [9.17, 15) is 35.5 Å². The minimum Gasteiger partial charge on any atom is -0.458 e. The topological polar surface area (TPSA) is 26.3 Å². The number of ether oxygens (including phenoxy) is 1. The number of rotatable bonds is 7. The maximum absolute atomic E-state index is 13.0. The molecule has 0 rings (SSSR count). The highest BCUT2D eigenvalue weighted by molar-refractivity contribution is 5.79. The summed E-state index contributed by atoms with van der Waals surface area (Å²) in [6.45, 7) is 3.19. The second-order valence-electron chi connectivity index (χ2n) is 4.22.